The van der Waals surface area contributed by atoms with Crippen LogP contribution in [0.3, 0.4) is 0 Å². The fraction of sp³-hybridized carbons (Fsp3) is 1.00. The van der Waals surface area contributed by atoms with E-state index in [-0.39, 0.29) is 19.8 Å². The molecule has 7 nitrogen and oxygen atoms in total. The smallest absolute Gasteiger partial charge is 0.105 e. The second-order valence-electron chi connectivity index (χ2n) is 7.67. The first-order valence-corrected chi connectivity index (χ1v) is 8.52. The molecule has 0 aliphatic carbocycles. The first-order chi connectivity index (χ1) is 11.0. The summed E-state index contributed by atoms with van der Waals surface area (Å²) in [4.78, 5) is 5.43. The lowest BCUT2D eigenvalue weighted by atomic mass is 9.53. The molecule has 6 atom stereocenters. The number of hydrogen-bond donors (Lipinski definition) is 4. The fourth-order valence-electron chi connectivity index (χ4n) is 3.72. The Morgan fingerprint density at radius 1 is 1.25 bits per heavy atom. The van der Waals surface area contributed by atoms with E-state index in [1.54, 1.807) is 21.0 Å². The van der Waals surface area contributed by atoms with Gasteiger partial charge in [0.15, 0.2) is 0 Å². The summed E-state index contributed by atoms with van der Waals surface area (Å²) < 4.78 is 11.5. The van der Waals surface area contributed by atoms with Crippen LogP contribution >= 0.6 is 0 Å². The minimum atomic E-state index is -1.30. The van der Waals surface area contributed by atoms with Gasteiger partial charge in [0.05, 0.1) is 42.7 Å². The quantitative estimate of drug-likeness (QED) is 0.476. The van der Waals surface area contributed by atoms with E-state index in [1.807, 2.05) is 27.7 Å². The van der Waals surface area contributed by atoms with Crippen molar-refractivity contribution in [2.75, 3.05) is 26.9 Å². The Morgan fingerprint density at radius 3 is 2.25 bits per heavy atom. The van der Waals surface area contributed by atoms with Crippen LogP contribution in [-0.2, 0) is 14.3 Å². The van der Waals surface area contributed by atoms with E-state index < -0.39 is 34.4 Å². The first kappa shape index (κ1) is 21.8. The summed E-state index contributed by atoms with van der Waals surface area (Å²) >= 11 is 0. The Morgan fingerprint density at radius 2 is 1.83 bits per heavy atom. The molecule has 0 radical (unpaired) electrons. The van der Waals surface area contributed by atoms with Gasteiger partial charge in [0.1, 0.15) is 6.10 Å². The molecule has 0 amide bonds. The molecule has 0 aromatic carbocycles. The van der Waals surface area contributed by atoms with Gasteiger partial charge in [-0.25, -0.2) is 0 Å². The molecule has 1 saturated heterocycles. The molecule has 7 heteroatoms. The van der Waals surface area contributed by atoms with Crippen molar-refractivity contribution in [3.8, 4) is 0 Å². The average Bonchev–Trinajstić information content (AvgIpc) is 2.51. The molecule has 0 aromatic rings. The maximum absolute atomic E-state index is 11.6. The largest absolute Gasteiger partial charge is 0.393 e. The lowest BCUT2D eigenvalue weighted by Gasteiger charge is -2.65. The van der Waals surface area contributed by atoms with Crippen LogP contribution in [0.4, 0.5) is 0 Å². The van der Waals surface area contributed by atoms with Crippen LogP contribution in [0.2, 0.25) is 0 Å². The van der Waals surface area contributed by atoms with Gasteiger partial charge in [-0.05, 0) is 34.1 Å². The first-order valence-electron chi connectivity index (χ1n) is 8.52. The highest BCUT2D eigenvalue weighted by Crippen LogP contribution is 2.56. The van der Waals surface area contributed by atoms with Crippen molar-refractivity contribution < 1.29 is 29.6 Å². The van der Waals surface area contributed by atoms with Crippen molar-refractivity contribution in [2.45, 2.75) is 76.9 Å². The topological polar surface area (TPSA) is 100 Å². The molecule has 1 fully saturated rings. The van der Waals surface area contributed by atoms with Gasteiger partial charge in [-0.15, -0.1) is 0 Å². The number of aliphatic hydroxyl groups is 3. The summed E-state index contributed by atoms with van der Waals surface area (Å²) in [7, 11) is 1.55. The Bertz CT molecular complexity index is 418. The summed E-state index contributed by atoms with van der Waals surface area (Å²) in [6.07, 6.45) is -0.621. The summed E-state index contributed by atoms with van der Waals surface area (Å²) in [6, 6.07) is 0. The lowest BCUT2D eigenvalue weighted by Crippen LogP contribution is -2.81. The zero-order valence-electron chi connectivity index (χ0n) is 16.0. The maximum Gasteiger partial charge on any atom is 0.105 e. The van der Waals surface area contributed by atoms with Crippen molar-refractivity contribution in [1.29, 1.82) is 0 Å². The standard InChI is InChI=1S/C17H35NO6/c1-8-14(3)15(4,11-19)24-13(10-22-7)16(5,17(14,6)21)18-23-9-12(2)20/h12-13,18-21H,8-11H2,1-7H3/t12?,13-,14+,15?,16?,17+/m0/s1. The highest BCUT2D eigenvalue weighted by Gasteiger charge is 2.69. The van der Waals surface area contributed by atoms with E-state index >= 15 is 0 Å². The molecular weight excluding hydrogens is 314 g/mol. The molecule has 3 unspecified atom stereocenters. The Balaban J connectivity index is 3.31. The summed E-state index contributed by atoms with van der Waals surface area (Å²) in [5, 5.41) is 31.0. The van der Waals surface area contributed by atoms with Gasteiger partial charge in [0, 0.05) is 12.5 Å². The highest BCUT2D eigenvalue weighted by atomic mass is 16.7. The predicted molar refractivity (Wildman–Crippen MR) is 90.4 cm³/mol. The summed E-state index contributed by atoms with van der Waals surface area (Å²) in [6.45, 7) is 10.9. The minimum Gasteiger partial charge on any atom is -0.393 e. The zero-order valence-corrected chi connectivity index (χ0v) is 16.0. The van der Waals surface area contributed by atoms with Gasteiger partial charge in [-0.1, -0.05) is 13.8 Å². The Hall–Kier alpha value is -0.280. The molecule has 1 aliphatic heterocycles. The van der Waals surface area contributed by atoms with Crippen LogP contribution in [0, 0.1) is 5.41 Å². The van der Waals surface area contributed by atoms with Gasteiger partial charge >= 0.3 is 0 Å². The van der Waals surface area contributed by atoms with Crippen molar-refractivity contribution in [1.82, 2.24) is 5.48 Å². The number of hydroxylamine groups is 1. The van der Waals surface area contributed by atoms with E-state index in [4.69, 9.17) is 14.3 Å². The molecule has 0 saturated carbocycles. The van der Waals surface area contributed by atoms with Crippen molar-refractivity contribution in [2.24, 2.45) is 5.41 Å². The second-order valence-corrected chi connectivity index (χ2v) is 7.67. The average molecular weight is 349 g/mol. The number of hydrogen-bond acceptors (Lipinski definition) is 7. The summed E-state index contributed by atoms with van der Waals surface area (Å²) in [5.74, 6) is 0. The van der Waals surface area contributed by atoms with E-state index in [1.165, 1.54) is 0 Å². The van der Waals surface area contributed by atoms with Crippen molar-refractivity contribution >= 4 is 0 Å². The number of rotatable bonds is 8. The lowest BCUT2D eigenvalue weighted by molar-refractivity contribution is -0.340. The molecule has 4 N–H and O–H groups in total. The van der Waals surface area contributed by atoms with E-state index in [0.717, 1.165) is 0 Å². The maximum atomic E-state index is 11.6. The molecule has 0 aromatic heterocycles. The van der Waals surface area contributed by atoms with E-state index in [0.29, 0.717) is 6.42 Å². The molecule has 1 rings (SSSR count). The molecule has 0 spiro atoms. The van der Waals surface area contributed by atoms with Crippen LogP contribution in [-0.4, -0.2) is 71.2 Å². The van der Waals surface area contributed by atoms with Crippen LogP contribution in [0.25, 0.3) is 0 Å². The third kappa shape index (κ3) is 3.23. The van der Waals surface area contributed by atoms with E-state index in [9.17, 15) is 15.3 Å². The van der Waals surface area contributed by atoms with Crippen LogP contribution in [0.5, 0.6) is 0 Å². The highest BCUT2D eigenvalue weighted by molar-refractivity contribution is 5.20. The molecule has 144 valence electrons. The summed E-state index contributed by atoms with van der Waals surface area (Å²) in [5.41, 5.74) is -1.11. The normalized spacial score (nSPS) is 44.5. The predicted octanol–water partition coefficient (Wildman–Crippen LogP) is 0.611. The van der Waals surface area contributed by atoms with Crippen LogP contribution in [0.15, 0.2) is 0 Å². The van der Waals surface area contributed by atoms with Gasteiger partial charge in [0.2, 0.25) is 0 Å². The zero-order chi connectivity index (χ0) is 18.8. The molecule has 1 aliphatic rings. The minimum absolute atomic E-state index is 0.0749. The van der Waals surface area contributed by atoms with Crippen LogP contribution < -0.4 is 5.48 Å². The molecule has 24 heavy (non-hydrogen) atoms. The third-order valence-corrected chi connectivity index (χ3v) is 6.23. The van der Waals surface area contributed by atoms with Crippen molar-refractivity contribution in [3.05, 3.63) is 0 Å². The molecule has 0 bridgehead atoms. The van der Waals surface area contributed by atoms with Gasteiger partial charge in [-0.2, -0.15) is 5.48 Å². The number of nitrogens with one attached hydrogen (secondary N) is 1. The SMILES string of the molecule is CC[C@]1(C)C(C)(CO)O[C@@H](COC)C(C)(NOCC(C)O)[C@]1(C)O. The monoisotopic (exact) mass is 349 g/mol. The van der Waals surface area contributed by atoms with Crippen molar-refractivity contribution in [3.63, 3.8) is 0 Å². The molecular formula is C17H35NO6. The van der Waals surface area contributed by atoms with E-state index in [2.05, 4.69) is 5.48 Å². The number of methoxy groups -OCH3 is 1. The Labute approximate surface area is 145 Å². The van der Waals surface area contributed by atoms with Crippen LogP contribution in [0.1, 0.15) is 48.0 Å². The second kappa shape index (κ2) is 7.53. The van der Waals surface area contributed by atoms with Gasteiger partial charge in [0.25, 0.3) is 0 Å². The number of aliphatic hydroxyl groups excluding tert-OH is 2. The third-order valence-electron chi connectivity index (χ3n) is 6.23. The fourth-order valence-corrected chi connectivity index (χ4v) is 3.72. The Kier molecular flexibility index (Phi) is 6.83. The molecule has 1 heterocycles. The van der Waals surface area contributed by atoms with Gasteiger partial charge in [-0.3, -0.25) is 4.84 Å². The van der Waals surface area contributed by atoms with Gasteiger partial charge < -0.3 is 24.8 Å². The number of ether oxygens (including phenoxy) is 2.